The van der Waals surface area contributed by atoms with Gasteiger partial charge in [-0.1, -0.05) is 44.1 Å². The fraction of sp³-hybridized carbons (Fsp3) is 0.429. The summed E-state index contributed by atoms with van der Waals surface area (Å²) in [4.78, 5) is 17.0. The molecule has 0 aliphatic rings. The van der Waals surface area contributed by atoms with Crippen LogP contribution in [0, 0.1) is 5.41 Å². The van der Waals surface area contributed by atoms with Gasteiger partial charge in [0, 0.05) is 23.1 Å². The van der Waals surface area contributed by atoms with Gasteiger partial charge in [-0.05, 0) is 12.1 Å². The third kappa shape index (κ3) is 5.79. The second-order valence-corrected chi connectivity index (χ2v) is 6.07. The molecule has 4 nitrogen and oxygen atoms in total. The van der Waals surface area contributed by atoms with Gasteiger partial charge >= 0.3 is 6.09 Å². The first-order valence-corrected chi connectivity index (χ1v) is 7.06. The quantitative estimate of drug-likeness (QED) is 0.397. The summed E-state index contributed by atoms with van der Waals surface area (Å²) in [6, 6.07) is 10.1. The molecule has 0 aliphatic heterocycles. The maximum absolute atomic E-state index is 11.1. The van der Waals surface area contributed by atoms with Crippen LogP contribution in [-0.2, 0) is 4.84 Å². The van der Waals surface area contributed by atoms with Crippen LogP contribution < -0.4 is 5.32 Å². The minimum absolute atomic E-state index is 0.143. The van der Waals surface area contributed by atoms with Crippen LogP contribution in [0.15, 0.2) is 40.4 Å². The standard InChI is InChI=1S/C14H20N2O2S/c1-14(2,3)12(16-18-13(17)15-4)10-19-11-8-6-5-7-9-11/h5-9H,10H2,1-4H3,(H,15,17). The first-order valence-electron chi connectivity index (χ1n) is 6.07. The average Bonchev–Trinajstić information content (AvgIpc) is 2.38. The number of carbonyl (C=O) groups is 1. The molecule has 0 heterocycles. The number of oxime groups is 1. The number of benzene rings is 1. The molecule has 1 aromatic rings. The maximum Gasteiger partial charge on any atom is 0.433 e. The highest BCUT2D eigenvalue weighted by atomic mass is 32.2. The van der Waals surface area contributed by atoms with E-state index in [0.29, 0.717) is 5.75 Å². The van der Waals surface area contributed by atoms with Crippen molar-refractivity contribution in [3.05, 3.63) is 30.3 Å². The molecule has 19 heavy (non-hydrogen) atoms. The van der Waals surface area contributed by atoms with E-state index in [1.165, 1.54) is 11.9 Å². The summed E-state index contributed by atoms with van der Waals surface area (Å²) in [6.45, 7) is 6.14. The fourth-order valence-electron chi connectivity index (χ4n) is 1.19. The summed E-state index contributed by atoms with van der Waals surface area (Å²) in [6.07, 6.45) is -0.550. The van der Waals surface area contributed by atoms with Crippen molar-refractivity contribution in [2.24, 2.45) is 10.6 Å². The van der Waals surface area contributed by atoms with Crippen LogP contribution in [0.1, 0.15) is 20.8 Å². The van der Waals surface area contributed by atoms with Crippen molar-refractivity contribution in [1.82, 2.24) is 5.32 Å². The van der Waals surface area contributed by atoms with Gasteiger partial charge in [0.05, 0.1) is 5.71 Å². The first kappa shape index (κ1) is 15.6. The largest absolute Gasteiger partial charge is 0.433 e. The Bertz CT molecular complexity index is 439. The lowest BCUT2D eigenvalue weighted by molar-refractivity contribution is 0.152. The van der Waals surface area contributed by atoms with Crippen molar-refractivity contribution in [1.29, 1.82) is 0 Å². The topological polar surface area (TPSA) is 50.7 Å². The van der Waals surface area contributed by atoms with Gasteiger partial charge in [0.2, 0.25) is 0 Å². The summed E-state index contributed by atoms with van der Waals surface area (Å²) in [5.41, 5.74) is 0.695. The van der Waals surface area contributed by atoms with Gasteiger partial charge in [0.25, 0.3) is 0 Å². The molecular weight excluding hydrogens is 260 g/mol. The van der Waals surface area contributed by atoms with E-state index >= 15 is 0 Å². The Morgan fingerprint density at radius 1 is 1.32 bits per heavy atom. The second kappa shape index (κ2) is 7.19. The van der Waals surface area contributed by atoms with Crippen molar-refractivity contribution >= 4 is 23.6 Å². The molecule has 104 valence electrons. The van der Waals surface area contributed by atoms with E-state index in [9.17, 15) is 4.79 Å². The van der Waals surface area contributed by atoms with Gasteiger partial charge in [-0.2, -0.15) is 0 Å². The lowest BCUT2D eigenvalue weighted by Gasteiger charge is -2.20. The zero-order valence-corrected chi connectivity index (χ0v) is 12.6. The molecule has 1 rings (SSSR count). The molecule has 1 aromatic carbocycles. The third-order valence-electron chi connectivity index (χ3n) is 2.43. The Morgan fingerprint density at radius 3 is 2.47 bits per heavy atom. The van der Waals surface area contributed by atoms with E-state index in [2.05, 4.69) is 10.5 Å². The molecule has 0 saturated carbocycles. The van der Waals surface area contributed by atoms with Gasteiger partial charge in [-0.25, -0.2) is 4.79 Å². The van der Waals surface area contributed by atoms with Gasteiger partial charge in [0.1, 0.15) is 0 Å². The molecular formula is C14H20N2O2S. The van der Waals surface area contributed by atoms with Crippen molar-refractivity contribution in [2.75, 3.05) is 12.8 Å². The van der Waals surface area contributed by atoms with Crippen molar-refractivity contribution in [3.8, 4) is 0 Å². The van der Waals surface area contributed by atoms with Crippen molar-refractivity contribution < 1.29 is 9.63 Å². The lowest BCUT2D eigenvalue weighted by Crippen LogP contribution is -2.25. The number of thioether (sulfide) groups is 1. The Kier molecular flexibility index (Phi) is 5.89. The van der Waals surface area contributed by atoms with Gasteiger partial charge < -0.3 is 5.32 Å². The molecule has 0 radical (unpaired) electrons. The summed E-state index contributed by atoms with van der Waals surface area (Å²) in [5.74, 6) is 0.685. The normalized spacial score (nSPS) is 12.1. The highest BCUT2D eigenvalue weighted by molar-refractivity contribution is 8.00. The predicted molar refractivity (Wildman–Crippen MR) is 79.6 cm³/mol. The average molecular weight is 280 g/mol. The molecule has 1 amide bonds. The van der Waals surface area contributed by atoms with Crippen LogP contribution in [-0.4, -0.2) is 24.6 Å². The first-order chi connectivity index (χ1) is 8.93. The summed E-state index contributed by atoms with van der Waals surface area (Å²) in [7, 11) is 1.51. The SMILES string of the molecule is CNC(=O)ON=C(CSc1ccccc1)C(C)(C)C. The lowest BCUT2D eigenvalue weighted by atomic mass is 9.91. The highest BCUT2D eigenvalue weighted by Gasteiger charge is 2.20. The number of hydrogen-bond acceptors (Lipinski definition) is 4. The zero-order chi connectivity index (χ0) is 14.3. The van der Waals surface area contributed by atoms with Crippen LogP contribution in [0.2, 0.25) is 0 Å². The fourth-order valence-corrected chi connectivity index (χ4v) is 2.33. The number of nitrogens with zero attached hydrogens (tertiary/aromatic N) is 1. The minimum Gasteiger partial charge on any atom is -0.323 e. The predicted octanol–water partition coefficient (Wildman–Crippen LogP) is 3.54. The van der Waals surface area contributed by atoms with E-state index in [-0.39, 0.29) is 5.41 Å². The Hall–Kier alpha value is -1.49. The van der Waals surface area contributed by atoms with Crippen molar-refractivity contribution in [2.45, 2.75) is 25.7 Å². The van der Waals surface area contributed by atoms with E-state index in [1.807, 2.05) is 51.1 Å². The molecule has 0 atom stereocenters. The maximum atomic E-state index is 11.1. The molecule has 0 bridgehead atoms. The third-order valence-corrected chi connectivity index (χ3v) is 3.45. The molecule has 0 aromatic heterocycles. The number of hydrogen-bond donors (Lipinski definition) is 1. The molecule has 0 saturated heterocycles. The van der Waals surface area contributed by atoms with Crippen LogP contribution in [0.3, 0.4) is 0 Å². The number of amides is 1. The zero-order valence-electron chi connectivity index (χ0n) is 11.8. The van der Waals surface area contributed by atoms with Crippen LogP contribution in [0.5, 0.6) is 0 Å². The molecule has 5 heteroatoms. The van der Waals surface area contributed by atoms with E-state index < -0.39 is 6.09 Å². The van der Waals surface area contributed by atoms with Crippen LogP contribution in [0.25, 0.3) is 0 Å². The monoisotopic (exact) mass is 280 g/mol. The molecule has 0 fully saturated rings. The number of rotatable bonds is 4. The minimum atomic E-state index is -0.550. The van der Waals surface area contributed by atoms with Gasteiger partial charge in [-0.15, -0.1) is 11.8 Å². The van der Waals surface area contributed by atoms with Gasteiger partial charge in [-0.3, -0.25) is 4.84 Å². The number of carbonyl (C=O) groups excluding carboxylic acids is 1. The van der Waals surface area contributed by atoms with Crippen molar-refractivity contribution in [3.63, 3.8) is 0 Å². The summed E-state index contributed by atoms with van der Waals surface area (Å²) < 4.78 is 0. The molecule has 1 N–H and O–H groups in total. The van der Waals surface area contributed by atoms with Crippen LogP contribution >= 0.6 is 11.8 Å². The van der Waals surface area contributed by atoms with E-state index in [4.69, 9.17) is 4.84 Å². The summed E-state index contributed by atoms with van der Waals surface area (Å²) in [5, 5.41) is 6.34. The smallest absolute Gasteiger partial charge is 0.323 e. The summed E-state index contributed by atoms with van der Waals surface area (Å²) >= 11 is 1.67. The van der Waals surface area contributed by atoms with Gasteiger partial charge in [0.15, 0.2) is 0 Å². The van der Waals surface area contributed by atoms with E-state index in [1.54, 1.807) is 11.8 Å². The molecule has 0 spiro atoms. The highest BCUT2D eigenvalue weighted by Crippen LogP contribution is 2.24. The Balaban J connectivity index is 2.68. The van der Waals surface area contributed by atoms with E-state index in [0.717, 1.165) is 5.71 Å². The molecule has 0 aliphatic carbocycles. The second-order valence-electron chi connectivity index (χ2n) is 5.02. The molecule has 0 unspecified atom stereocenters. The Morgan fingerprint density at radius 2 is 1.95 bits per heavy atom. The number of nitrogens with one attached hydrogen (secondary N) is 1. The van der Waals surface area contributed by atoms with Crippen LogP contribution in [0.4, 0.5) is 4.79 Å². The Labute approximate surface area is 118 Å².